The predicted molar refractivity (Wildman–Crippen MR) is 61.4 cm³/mol. The molecule has 0 saturated carbocycles. The number of hydrogen-bond acceptors (Lipinski definition) is 4. The van der Waals surface area contributed by atoms with Crippen molar-refractivity contribution < 1.29 is 9.53 Å². The van der Waals surface area contributed by atoms with Gasteiger partial charge in [-0.25, -0.2) is 0 Å². The first kappa shape index (κ1) is 12.0. The number of methoxy groups -OCH3 is 1. The van der Waals surface area contributed by atoms with Crippen LogP contribution in [0.5, 0.6) is 0 Å². The summed E-state index contributed by atoms with van der Waals surface area (Å²) in [7, 11) is 3.50. The zero-order valence-electron chi connectivity index (χ0n) is 10.3. The van der Waals surface area contributed by atoms with Crippen LogP contribution in [0, 0.1) is 0 Å². The molecule has 0 radical (unpaired) electrons. The second kappa shape index (κ2) is 5.27. The lowest BCUT2D eigenvalue weighted by atomic mass is 9.96. The zero-order chi connectivity index (χ0) is 12.3. The van der Waals surface area contributed by atoms with Crippen LogP contribution in [-0.4, -0.2) is 52.4 Å². The van der Waals surface area contributed by atoms with Crippen LogP contribution in [0.25, 0.3) is 0 Å². The minimum Gasteiger partial charge on any atom is -0.375 e. The molecule has 1 saturated heterocycles. The lowest BCUT2D eigenvalue weighted by Gasteiger charge is -2.31. The van der Waals surface area contributed by atoms with E-state index in [1.165, 1.54) is 0 Å². The number of ether oxygens (including phenoxy) is 1. The van der Waals surface area contributed by atoms with Crippen molar-refractivity contribution in [2.75, 3.05) is 26.8 Å². The molecule has 1 aliphatic rings. The molecular weight excluding hydrogens is 220 g/mol. The second-order valence-electron chi connectivity index (χ2n) is 4.39. The van der Waals surface area contributed by atoms with Crippen LogP contribution in [0.15, 0.2) is 6.33 Å². The average molecular weight is 238 g/mol. The quantitative estimate of drug-likeness (QED) is 0.753. The van der Waals surface area contributed by atoms with Crippen LogP contribution in [0.2, 0.25) is 0 Å². The monoisotopic (exact) mass is 238 g/mol. The molecule has 0 spiro atoms. The van der Waals surface area contributed by atoms with E-state index < -0.39 is 0 Å². The van der Waals surface area contributed by atoms with Crippen LogP contribution in [0.3, 0.4) is 0 Å². The SMILES string of the molecule is COCC(=O)N1CCC(c2nncn2C)CC1. The molecule has 1 amide bonds. The number of aromatic nitrogens is 3. The van der Waals surface area contributed by atoms with Gasteiger partial charge in [-0.05, 0) is 12.8 Å². The third-order valence-electron chi connectivity index (χ3n) is 3.23. The molecule has 6 heteroatoms. The lowest BCUT2D eigenvalue weighted by Crippen LogP contribution is -2.40. The molecule has 1 aliphatic heterocycles. The Labute approximate surface area is 101 Å². The molecule has 1 aromatic rings. The van der Waals surface area contributed by atoms with Crippen molar-refractivity contribution >= 4 is 5.91 Å². The molecule has 0 bridgehead atoms. The Balaban J connectivity index is 1.90. The summed E-state index contributed by atoms with van der Waals surface area (Å²) in [5.41, 5.74) is 0. The summed E-state index contributed by atoms with van der Waals surface area (Å²) in [6, 6.07) is 0. The highest BCUT2D eigenvalue weighted by Gasteiger charge is 2.25. The van der Waals surface area contributed by atoms with E-state index in [-0.39, 0.29) is 12.5 Å². The fourth-order valence-corrected chi connectivity index (χ4v) is 2.26. The summed E-state index contributed by atoms with van der Waals surface area (Å²) in [5.74, 6) is 1.50. The summed E-state index contributed by atoms with van der Waals surface area (Å²) in [6.45, 7) is 1.73. The normalized spacial score (nSPS) is 17.4. The second-order valence-corrected chi connectivity index (χ2v) is 4.39. The van der Waals surface area contributed by atoms with Crippen LogP contribution in [0.4, 0.5) is 0 Å². The highest BCUT2D eigenvalue weighted by Crippen LogP contribution is 2.25. The molecule has 2 heterocycles. The molecule has 17 heavy (non-hydrogen) atoms. The highest BCUT2D eigenvalue weighted by atomic mass is 16.5. The van der Waals surface area contributed by atoms with E-state index in [4.69, 9.17) is 4.74 Å². The van der Waals surface area contributed by atoms with E-state index in [1.807, 2.05) is 16.5 Å². The van der Waals surface area contributed by atoms with Gasteiger partial charge in [0.15, 0.2) is 0 Å². The number of amides is 1. The fourth-order valence-electron chi connectivity index (χ4n) is 2.26. The van der Waals surface area contributed by atoms with Crippen molar-refractivity contribution in [3.63, 3.8) is 0 Å². The molecular formula is C11H18N4O2. The molecule has 0 atom stereocenters. The first-order valence-corrected chi connectivity index (χ1v) is 5.83. The van der Waals surface area contributed by atoms with Gasteiger partial charge in [-0.15, -0.1) is 10.2 Å². The van der Waals surface area contributed by atoms with E-state index in [2.05, 4.69) is 10.2 Å². The molecule has 0 aromatic carbocycles. The molecule has 6 nitrogen and oxygen atoms in total. The average Bonchev–Trinajstić information content (AvgIpc) is 2.76. The summed E-state index contributed by atoms with van der Waals surface area (Å²) in [5, 5.41) is 8.02. The molecule has 2 rings (SSSR count). The number of carbonyl (C=O) groups is 1. The molecule has 1 fully saturated rings. The number of nitrogens with zero attached hydrogens (tertiary/aromatic N) is 4. The number of hydrogen-bond donors (Lipinski definition) is 0. The number of piperidine rings is 1. The van der Waals surface area contributed by atoms with E-state index in [0.717, 1.165) is 31.8 Å². The predicted octanol–water partition coefficient (Wildman–Crippen LogP) is 0.167. The van der Waals surface area contributed by atoms with Crippen molar-refractivity contribution in [3.05, 3.63) is 12.2 Å². The van der Waals surface area contributed by atoms with Crippen LogP contribution in [-0.2, 0) is 16.6 Å². The summed E-state index contributed by atoms with van der Waals surface area (Å²) in [6.07, 6.45) is 3.61. The highest BCUT2D eigenvalue weighted by molar-refractivity contribution is 5.77. The van der Waals surface area contributed by atoms with Gasteiger partial charge in [0.05, 0.1) is 0 Å². The van der Waals surface area contributed by atoms with Crippen LogP contribution in [0.1, 0.15) is 24.6 Å². The van der Waals surface area contributed by atoms with Gasteiger partial charge in [-0.1, -0.05) is 0 Å². The zero-order valence-corrected chi connectivity index (χ0v) is 10.3. The van der Waals surface area contributed by atoms with Gasteiger partial charge in [0.25, 0.3) is 0 Å². The Morgan fingerprint density at radius 1 is 1.53 bits per heavy atom. The lowest BCUT2D eigenvalue weighted by molar-refractivity contribution is -0.136. The maximum absolute atomic E-state index is 11.6. The summed E-state index contributed by atoms with van der Waals surface area (Å²) in [4.78, 5) is 13.5. The number of rotatable bonds is 3. The Morgan fingerprint density at radius 3 is 2.76 bits per heavy atom. The molecule has 94 valence electrons. The smallest absolute Gasteiger partial charge is 0.248 e. The maximum atomic E-state index is 11.6. The van der Waals surface area contributed by atoms with Crippen molar-refractivity contribution in [1.82, 2.24) is 19.7 Å². The Hall–Kier alpha value is -1.43. The van der Waals surface area contributed by atoms with Crippen molar-refractivity contribution in [1.29, 1.82) is 0 Å². The van der Waals surface area contributed by atoms with Crippen molar-refractivity contribution in [2.45, 2.75) is 18.8 Å². The third kappa shape index (κ3) is 2.63. The van der Waals surface area contributed by atoms with Gasteiger partial charge in [-0.2, -0.15) is 0 Å². The van der Waals surface area contributed by atoms with Crippen LogP contribution >= 0.6 is 0 Å². The third-order valence-corrected chi connectivity index (χ3v) is 3.23. The standard InChI is InChI=1S/C11H18N4O2/c1-14-8-12-13-11(14)9-3-5-15(6-4-9)10(16)7-17-2/h8-9H,3-7H2,1-2H3. The Morgan fingerprint density at radius 2 is 2.24 bits per heavy atom. The molecule has 1 aromatic heterocycles. The number of aryl methyl sites for hydroxylation is 1. The van der Waals surface area contributed by atoms with Gasteiger partial charge >= 0.3 is 0 Å². The maximum Gasteiger partial charge on any atom is 0.248 e. The summed E-state index contributed by atoms with van der Waals surface area (Å²) < 4.78 is 6.81. The van der Waals surface area contributed by atoms with Crippen molar-refractivity contribution in [3.8, 4) is 0 Å². The van der Waals surface area contributed by atoms with Gasteiger partial charge < -0.3 is 14.2 Å². The van der Waals surface area contributed by atoms with E-state index in [9.17, 15) is 4.79 Å². The van der Waals surface area contributed by atoms with E-state index in [1.54, 1.807) is 13.4 Å². The first-order chi connectivity index (χ1) is 8.22. The Kier molecular flexibility index (Phi) is 3.73. The molecule has 0 N–H and O–H groups in total. The number of carbonyl (C=O) groups excluding carboxylic acids is 1. The van der Waals surface area contributed by atoms with Gasteiger partial charge in [0.2, 0.25) is 5.91 Å². The fraction of sp³-hybridized carbons (Fsp3) is 0.727. The van der Waals surface area contributed by atoms with Crippen molar-refractivity contribution in [2.24, 2.45) is 7.05 Å². The van der Waals surface area contributed by atoms with E-state index >= 15 is 0 Å². The summed E-state index contributed by atoms with van der Waals surface area (Å²) >= 11 is 0. The topological polar surface area (TPSA) is 60.2 Å². The van der Waals surface area contributed by atoms with Crippen LogP contribution < -0.4 is 0 Å². The van der Waals surface area contributed by atoms with Gasteiger partial charge in [-0.3, -0.25) is 4.79 Å². The Bertz CT molecular complexity index is 383. The first-order valence-electron chi connectivity index (χ1n) is 5.83. The minimum absolute atomic E-state index is 0.0731. The van der Waals surface area contributed by atoms with Gasteiger partial charge in [0, 0.05) is 33.2 Å². The minimum atomic E-state index is 0.0731. The molecule has 0 unspecified atom stereocenters. The largest absolute Gasteiger partial charge is 0.375 e. The molecule has 0 aliphatic carbocycles. The number of likely N-dealkylation sites (tertiary alicyclic amines) is 1. The van der Waals surface area contributed by atoms with E-state index in [0.29, 0.717) is 5.92 Å². The van der Waals surface area contributed by atoms with Gasteiger partial charge in [0.1, 0.15) is 18.8 Å².